The summed E-state index contributed by atoms with van der Waals surface area (Å²) in [6.07, 6.45) is 0.419. The number of carbonyl (C=O) groups excluding carboxylic acids is 2. The fourth-order valence-electron chi connectivity index (χ4n) is 2.20. The molecule has 126 valence electrons. The predicted molar refractivity (Wildman–Crippen MR) is 84.9 cm³/mol. The topological polar surface area (TPSA) is 94.9 Å². The second kappa shape index (κ2) is 6.65. The van der Waals surface area contributed by atoms with Crippen molar-refractivity contribution < 1.29 is 18.4 Å². The Labute approximate surface area is 141 Å². The Morgan fingerprint density at radius 3 is 2.64 bits per heavy atom. The van der Waals surface area contributed by atoms with Gasteiger partial charge in [0.2, 0.25) is 5.91 Å². The van der Waals surface area contributed by atoms with Gasteiger partial charge in [0.25, 0.3) is 5.91 Å². The summed E-state index contributed by atoms with van der Waals surface area (Å²) in [6, 6.07) is 8.13. The fourth-order valence-corrected chi connectivity index (χ4v) is 2.20. The Kier molecular flexibility index (Phi) is 4.39. The van der Waals surface area contributed by atoms with Crippen LogP contribution >= 0.6 is 0 Å². The van der Waals surface area contributed by atoms with Crippen LogP contribution in [0.2, 0.25) is 0 Å². The van der Waals surface area contributed by atoms with Crippen LogP contribution in [0.25, 0.3) is 0 Å². The third-order valence-electron chi connectivity index (χ3n) is 3.66. The first-order valence-electron chi connectivity index (χ1n) is 7.40. The van der Waals surface area contributed by atoms with Crippen LogP contribution in [-0.2, 0) is 4.79 Å². The normalized spacial score (nSPS) is 18.1. The molecule has 6 nitrogen and oxygen atoms in total. The molecule has 1 heterocycles. The van der Waals surface area contributed by atoms with E-state index >= 15 is 0 Å². The Morgan fingerprint density at radius 1 is 1.24 bits per heavy atom. The van der Waals surface area contributed by atoms with Gasteiger partial charge in [-0.2, -0.15) is 5.26 Å². The number of amides is 2. The number of halogens is 2. The van der Waals surface area contributed by atoms with E-state index < -0.39 is 29.7 Å². The minimum Gasteiger partial charge on any atom is -0.322 e. The highest BCUT2D eigenvalue weighted by molar-refractivity contribution is 6.05. The number of hydrogen-bond acceptors (Lipinski definition) is 4. The first-order chi connectivity index (χ1) is 12.0. The monoisotopic (exact) mass is 342 g/mol. The first kappa shape index (κ1) is 16.5. The zero-order chi connectivity index (χ0) is 18.0. The number of benzene rings is 1. The molecule has 1 saturated carbocycles. The summed E-state index contributed by atoms with van der Waals surface area (Å²) < 4.78 is 26.7. The molecule has 3 rings (SSSR count). The minimum atomic E-state index is -1.12. The van der Waals surface area contributed by atoms with E-state index in [9.17, 15) is 18.4 Å². The third-order valence-corrected chi connectivity index (χ3v) is 3.66. The molecule has 2 N–H and O–H groups in total. The molecule has 1 aromatic heterocycles. The van der Waals surface area contributed by atoms with Crippen LogP contribution in [0, 0.1) is 23.1 Å². The van der Waals surface area contributed by atoms with Gasteiger partial charge in [0, 0.05) is 18.0 Å². The lowest BCUT2D eigenvalue weighted by Gasteiger charge is -2.08. The van der Waals surface area contributed by atoms with Gasteiger partial charge in [0.15, 0.2) is 0 Å². The van der Waals surface area contributed by atoms with Gasteiger partial charge in [-0.15, -0.1) is 0 Å². The van der Waals surface area contributed by atoms with Crippen molar-refractivity contribution in [1.82, 2.24) is 4.98 Å². The summed E-state index contributed by atoms with van der Waals surface area (Å²) in [5.74, 6) is -2.50. The molecule has 2 amide bonds. The molecule has 25 heavy (non-hydrogen) atoms. The van der Waals surface area contributed by atoms with Crippen molar-refractivity contribution in [2.75, 3.05) is 10.6 Å². The number of hydrogen-bond donors (Lipinski definition) is 2. The molecule has 0 bridgehead atoms. The van der Waals surface area contributed by atoms with Crippen LogP contribution in [0.4, 0.5) is 20.3 Å². The number of aromatic nitrogens is 1. The number of carbonyl (C=O) groups is 2. The molecule has 0 saturated heterocycles. The van der Waals surface area contributed by atoms with Gasteiger partial charge in [-0.3, -0.25) is 9.59 Å². The number of alkyl halides is 1. The summed E-state index contributed by atoms with van der Waals surface area (Å²) in [4.78, 5) is 27.7. The van der Waals surface area contributed by atoms with Crippen LogP contribution in [-0.4, -0.2) is 23.0 Å². The molecule has 2 atom stereocenters. The van der Waals surface area contributed by atoms with Crippen molar-refractivity contribution in [3.63, 3.8) is 0 Å². The lowest BCUT2D eigenvalue weighted by atomic mass is 10.1. The molecule has 1 aliphatic rings. The zero-order valence-electron chi connectivity index (χ0n) is 12.8. The molecule has 0 spiro atoms. The number of pyridine rings is 1. The van der Waals surface area contributed by atoms with Crippen LogP contribution in [0.1, 0.15) is 22.3 Å². The Morgan fingerprint density at radius 2 is 2.00 bits per heavy atom. The van der Waals surface area contributed by atoms with E-state index in [-0.39, 0.29) is 29.1 Å². The van der Waals surface area contributed by atoms with E-state index in [4.69, 9.17) is 5.26 Å². The second-order valence-electron chi connectivity index (χ2n) is 5.54. The van der Waals surface area contributed by atoms with E-state index in [0.717, 1.165) is 6.07 Å². The smallest absolute Gasteiger partial charge is 0.258 e. The van der Waals surface area contributed by atoms with Gasteiger partial charge in [-0.25, -0.2) is 13.8 Å². The van der Waals surface area contributed by atoms with E-state index in [1.807, 2.05) is 0 Å². The molecule has 1 fully saturated rings. The maximum Gasteiger partial charge on any atom is 0.258 e. The number of rotatable bonds is 4. The van der Waals surface area contributed by atoms with Crippen molar-refractivity contribution in [3.05, 3.63) is 53.5 Å². The molecule has 0 aliphatic heterocycles. The fraction of sp³-hybridized carbons (Fsp3) is 0.176. The molecule has 0 radical (unpaired) electrons. The summed E-state index contributed by atoms with van der Waals surface area (Å²) in [7, 11) is 0. The van der Waals surface area contributed by atoms with Crippen molar-refractivity contribution in [3.8, 4) is 6.07 Å². The van der Waals surface area contributed by atoms with Gasteiger partial charge in [-0.05, 0) is 30.7 Å². The lowest BCUT2D eigenvalue weighted by molar-refractivity contribution is -0.117. The molecular formula is C17H12F2N4O2. The molecule has 1 aliphatic carbocycles. The number of nitrogens with one attached hydrogen (secondary N) is 2. The molecule has 2 aromatic rings. The third kappa shape index (κ3) is 3.77. The molecule has 8 heteroatoms. The summed E-state index contributed by atoms with van der Waals surface area (Å²) in [6.45, 7) is 0. The van der Waals surface area contributed by atoms with Crippen molar-refractivity contribution in [2.24, 2.45) is 5.92 Å². The number of nitriles is 1. The highest BCUT2D eigenvalue weighted by atomic mass is 19.1. The SMILES string of the molecule is N#Cc1ccc(C(=O)Nc2ccnc(NC(=O)[C@H]3C[C@H]3F)c2)c(F)c1. The predicted octanol–water partition coefficient (Wildman–Crippen LogP) is 2.64. The quantitative estimate of drug-likeness (QED) is 0.893. The minimum absolute atomic E-state index is 0.106. The average Bonchev–Trinajstić information content (AvgIpc) is 3.32. The van der Waals surface area contributed by atoms with Crippen LogP contribution < -0.4 is 10.6 Å². The first-order valence-corrected chi connectivity index (χ1v) is 7.40. The van der Waals surface area contributed by atoms with Crippen LogP contribution in [0.3, 0.4) is 0 Å². The van der Waals surface area contributed by atoms with Gasteiger partial charge in [0.05, 0.1) is 23.1 Å². The molecule has 0 unspecified atom stereocenters. The van der Waals surface area contributed by atoms with Crippen molar-refractivity contribution in [2.45, 2.75) is 12.6 Å². The number of anilines is 2. The Hall–Kier alpha value is -3.34. The summed E-state index contributed by atoms with van der Waals surface area (Å²) in [5, 5.41) is 13.6. The van der Waals surface area contributed by atoms with Crippen LogP contribution in [0.15, 0.2) is 36.5 Å². The second-order valence-corrected chi connectivity index (χ2v) is 5.54. The van der Waals surface area contributed by atoms with Gasteiger partial charge in [0.1, 0.15) is 17.8 Å². The highest BCUT2D eigenvalue weighted by Gasteiger charge is 2.43. The molecular weight excluding hydrogens is 330 g/mol. The highest BCUT2D eigenvalue weighted by Crippen LogP contribution is 2.34. The Bertz CT molecular complexity index is 894. The van der Waals surface area contributed by atoms with Crippen LogP contribution in [0.5, 0.6) is 0 Å². The number of nitrogens with zero attached hydrogens (tertiary/aromatic N) is 2. The van der Waals surface area contributed by atoms with Crippen molar-refractivity contribution >= 4 is 23.3 Å². The van der Waals surface area contributed by atoms with E-state index in [1.165, 1.54) is 30.5 Å². The lowest BCUT2D eigenvalue weighted by Crippen LogP contribution is -2.17. The summed E-state index contributed by atoms with van der Waals surface area (Å²) in [5.41, 5.74) is 0.167. The maximum absolute atomic E-state index is 13.9. The molecule has 1 aromatic carbocycles. The zero-order valence-corrected chi connectivity index (χ0v) is 12.8. The van der Waals surface area contributed by atoms with E-state index in [0.29, 0.717) is 0 Å². The standard InChI is InChI=1S/C17H12F2N4O2/c18-13-5-9(8-20)1-2-11(13)16(24)22-10-3-4-21-15(6-10)23-17(25)12-7-14(12)19/h1-6,12,14H,7H2,(H2,21,22,23,24,25)/t12-,14+/m0/s1. The summed E-state index contributed by atoms with van der Waals surface area (Å²) >= 11 is 0. The van der Waals surface area contributed by atoms with Gasteiger partial charge >= 0.3 is 0 Å². The van der Waals surface area contributed by atoms with Crippen molar-refractivity contribution in [1.29, 1.82) is 5.26 Å². The van der Waals surface area contributed by atoms with E-state index in [2.05, 4.69) is 15.6 Å². The average molecular weight is 342 g/mol. The largest absolute Gasteiger partial charge is 0.322 e. The van der Waals surface area contributed by atoms with E-state index in [1.54, 1.807) is 6.07 Å². The van der Waals surface area contributed by atoms with Gasteiger partial charge in [-0.1, -0.05) is 0 Å². The van der Waals surface area contributed by atoms with Gasteiger partial charge < -0.3 is 10.6 Å². The maximum atomic E-state index is 13.9. The Balaban J connectivity index is 1.70.